The number of morpholine rings is 1. The zero-order valence-corrected chi connectivity index (χ0v) is 14.5. The van der Waals surface area contributed by atoms with Crippen molar-refractivity contribution in [2.45, 2.75) is 10.9 Å². The molecular weight excluding hydrogens is 340 g/mol. The zero-order valence-electron chi connectivity index (χ0n) is 13.7. The zero-order chi connectivity index (χ0) is 17.9. The SMILES string of the molecule is C=CC(=O)NCC1COCCN1S(=O)(=O)c1cccc2ccccc12. The summed E-state index contributed by atoms with van der Waals surface area (Å²) in [6.07, 6.45) is 1.16. The van der Waals surface area contributed by atoms with E-state index in [0.29, 0.717) is 12.0 Å². The summed E-state index contributed by atoms with van der Waals surface area (Å²) in [5, 5.41) is 4.20. The van der Waals surface area contributed by atoms with Crippen LogP contribution in [0.5, 0.6) is 0 Å². The number of sulfonamides is 1. The van der Waals surface area contributed by atoms with Crippen molar-refractivity contribution in [2.24, 2.45) is 0 Å². The van der Waals surface area contributed by atoms with Gasteiger partial charge in [0.25, 0.3) is 0 Å². The van der Waals surface area contributed by atoms with Crippen LogP contribution in [0.1, 0.15) is 0 Å². The van der Waals surface area contributed by atoms with Crippen molar-refractivity contribution in [3.63, 3.8) is 0 Å². The van der Waals surface area contributed by atoms with Crippen LogP contribution in [-0.4, -0.2) is 51.0 Å². The first kappa shape index (κ1) is 17.6. The van der Waals surface area contributed by atoms with Crippen LogP contribution in [-0.2, 0) is 19.6 Å². The van der Waals surface area contributed by atoms with Crippen LogP contribution in [0, 0.1) is 0 Å². The molecule has 1 aliphatic heterocycles. The Balaban J connectivity index is 1.96. The van der Waals surface area contributed by atoms with Gasteiger partial charge in [0, 0.05) is 18.5 Å². The molecule has 1 saturated heterocycles. The van der Waals surface area contributed by atoms with E-state index in [2.05, 4.69) is 11.9 Å². The third-order valence-corrected chi connectivity index (χ3v) is 6.22. The van der Waals surface area contributed by atoms with Gasteiger partial charge >= 0.3 is 0 Å². The van der Waals surface area contributed by atoms with Crippen molar-refractivity contribution in [3.8, 4) is 0 Å². The first-order valence-electron chi connectivity index (χ1n) is 8.01. The highest BCUT2D eigenvalue weighted by atomic mass is 32.2. The smallest absolute Gasteiger partial charge is 0.244 e. The molecule has 1 fully saturated rings. The first-order chi connectivity index (χ1) is 12.0. The molecule has 1 aliphatic rings. The molecule has 1 N–H and O–H groups in total. The second-order valence-corrected chi connectivity index (χ2v) is 7.63. The maximum Gasteiger partial charge on any atom is 0.244 e. The number of benzene rings is 2. The molecule has 1 amide bonds. The Morgan fingerprint density at radius 2 is 2.04 bits per heavy atom. The number of rotatable bonds is 5. The molecule has 1 unspecified atom stereocenters. The van der Waals surface area contributed by atoms with Gasteiger partial charge in [0.05, 0.1) is 24.2 Å². The summed E-state index contributed by atoms with van der Waals surface area (Å²) in [6.45, 7) is 4.39. The number of carbonyl (C=O) groups is 1. The molecule has 3 rings (SSSR count). The van der Waals surface area contributed by atoms with E-state index in [1.807, 2.05) is 24.3 Å². The Kier molecular flexibility index (Phi) is 5.17. The van der Waals surface area contributed by atoms with Gasteiger partial charge in [-0.2, -0.15) is 4.31 Å². The fourth-order valence-electron chi connectivity index (χ4n) is 2.95. The van der Waals surface area contributed by atoms with Gasteiger partial charge in [-0.15, -0.1) is 0 Å². The van der Waals surface area contributed by atoms with Gasteiger partial charge in [-0.05, 0) is 17.5 Å². The number of amides is 1. The van der Waals surface area contributed by atoms with E-state index >= 15 is 0 Å². The summed E-state index contributed by atoms with van der Waals surface area (Å²) in [7, 11) is -3.72. The highest BCUT2D eigenvalue weighted by Gasteiger charge is 2.35. The van der Waals surface area contributed by atoms with Gasteiger partial charge in [-0.1, -0.05) is 43.0 Å². The van der Waals surface area contributed by atoms with Crippen molar-refractivity contribution in [2.75, 3.05) is 26.3 Å². The Bertz CT molecular complexity index is 890. The molecule has 132 valence electrons. The summed E-state index contributed by atoms with van der Waals surface area (Å²) < 4.78 is 33.4. The van der Waals surface area contributed by atoms with Gasteiger partial charge < -0.3 is 10.1 Å². The fraction of sp³-hybridized carbons (Fsp3) is 0.278. The first-order valence-corrected chi connectivity index (χ1v) is 9.45. The lowest BCUT2D eigenvalue weighted by molar-refractivity contribution is -0.116. The second-order valence-electron chi connectivity index (χ2n) is 5.77. The minimum Gasteiger partial charge on any atom is -0.378 e. The van der Waals surface area contributed by atoms with Crippen LogP contribution in [0.2, 0.25) is 0 Å². The van der Waals surface area contributed by atoms with Gasteiger partial charge in [-0.25, -0.2) is 8.42 Å². The van der Waals surface area contributed by atoms with Crippen LogP contribution in [0.4, 0.5) is 0 Å². The number of hydrogen-bond donors (Lipinski definition) is 1. The Labute approximate surface area is 147 Å². The average Bonchev–Trinajstić information content (AvgIpc) is 2.65. The molecule has 1 heterocycles. The van der Waals surface area contributed by atoms with Crippen LogP contribution < -0.4 is 5.32 Å². The number of nitrogens with zero attached hydrogens (tertiary/aromatic N) is 1. The van der Waals surface area contributed by atoms with Crippen molar-refractivity contribution in [1.82, 2.24) is 9.62 Å². The third kappa shape index (κ3) is 3.58. The molecule has 0 saturated carbocycles. The third-order valence-electron chi connectivity index (χ3n) is 4.21. The van der Waals surface area contributed by atoms with Crippen molar-refractivity contribution < 1.29 is 17.9 Å². The van der Waals surface area contributed by atoms with E-state index in [-0.39, 0.29) is 30.5 Å². The summed E-state index contributed by atoms with van der Waals surface area (Å²) >= 11 is 0. The van der Waals surface area contributed by atoms with Gasteiger partial charge in [0.2, 0.25) is 15.9 Å². The maximum absolute atomic E-state index is 13.3. The minimum absolute atomic E-state index is 0.175. The molecule has 0 spiro atoms. The topological polar surface area (TPSA) is 75.7 Å². The summed E-state index contributed by atoms with van der Waals surface area (Å²) in [6, 6.07) is 12.2. The predicted molar refractivity (Wildman–Crippen MR) is 95.7 cm³/mol. The highest BCUT2D eigenvalue weighted by molar-refractivity contribution is 7.89. The Hall–Kier alpha value is -2.22. The molecule has 0 radical (unpaired) electrons. The van der Waals surface area contributed by atoms with Gasteiger partial charge in [0.1, 0.15) is 0 Å². The normalized spacial score (nSPS) is 18.8. The van der Waals surface area contributed by atoms with E-state index < -0.39 is 16.1 Å². The molecule has 0 bridgehead atoms. The molecular formula is C18H20N2O4S. The number of ether oxygens (including phenoxy) is 1. The summed E-state index contributed by atoms with van der Waals surface area (Å²) in [5.41, 5.74) is 0. The summed E-state index contributed by atoms with van der Waals surface area (Å²) in [5.74, 6) is -0.340. The largest absolute Gasteiger partial charge is 0.378 e. The van der Waals surface area contributed by atoms with Crippen molar-refractivity contribution >= 4 is 26.7 Å². The predicted octanol–water partition coefficient (Wildman–Crippen LogP) is 1.53. The van der Waals surface area contributed by atoms with E-state index in [4.69, 9.17) is 4.74 Å². The van der Waals surface area contributed by atoms with Gasteiger partial charge in [-0.3, -0.25) is 4.79 Å². The summed E-state index contributed by atoms with van der Waals surface area (Å²) in [4.78, 5) is 11.7. The number of fused-ring (bicyclic) bond motifs is 1. The Morgan fingerprint density at radius 3 is 2.84 bits per heavy atom. The fourth-order valence-corrected chi connectivity index (χ4v) is 4.76. The average molecular weight is 360 g/mol. The molecule has 0 aliphatic carbocycles. The molecule has 0 aromatic heterocycles. The van der Waals surface area contributed by atoms with Crippen molar-refractivity contribution in [1.29, 1.82) is 0 Å². The molecule has 6 nitrogen and oxygen atoms in total. The lowest BCUT2D eigenvalue weighted by Crippen LogP contribution is -2.53. The van der Waals surface area contributed by atoms with Crippen LogP contribution in [0.15, 0.2) is 60.0 Å². The number of carbonyl (C=O) groups excluding carboxylic acids is 1. The van der Waals surface area contributed by atoms with Gasteiger partial charge in [0.15, 0.2) is 0 Å². The standard InChI is InChI=1S/C18H20N2O4S/c1-2-18(21)19-12-15-13-24-11-10-20(15)25(22,23)17-9-5-7-14-6-3-4-8-16(14)17/h2-9,15H,1,10-13H2,(H,19,21). The number of hydrogen-bond acceptors (Lipinski definition) is 4. The van der Waals surface area contributed by atoms with Crippen molar-refractivity contribution in [3.05, 3.63) is 55.1 Å². The van der Waals surface area contributed by atoms with E-state index in [0.717, 1.165) is 11.5 Å². The van der Waals surface area contributed by atoms with E-state index in [9.17, 15) is 13.2 Å². The molecule has 1 atom stereocenters. The lowest BCUT2D eigenvalue weighted by Gasteiger charge is -2.34. The molecule has 2 aromatic rings. The number of nitrogens with one attached hydrogen (secondary N) is 1. The maximum atomic E-state index is 13.3. The lowest BCUT2D eigenvalue weighted by atomic mass is 10.1. The van der Waals surface area contributed by atoms with Crippen LogP contribution in [0.3, 0.4) is 0 Å². The van der Waals surface area contributed by atoms with E-state index in [1.165, 1.54) is 4.31 Å². The van der Waals surface area contributed by atoms with E-state index in [1.54, 1.807) is 18.2 Å². The minimum atomic E-state index is -3.72. The monoisotopic (exact) mass is 360 g/mol. The quantitative estimate of drug-likeness (QED) is 0.821. The van der Waals surface area contributed by atoms with Crippen LogP contribution in [0.25, 0.3) is 10.8 Å². The van der Waals surface area contributed by atoms with Crippen LogP contribution >= 0.6 is 0 Å². The second kappa shape index (κ2) is 7.35. The molecule has 2 aromatic carbocycles. The Morgan fingerprint density at radius 1 is 1.28 bits per heavy atom. The molecule has 25 heavy (non-hydrogen) atoms. The molecule has 7 heteroatoms. The highest BCUT2D eigenvalue weighted by Crippen LogP contribution is 2.27.